The number of nitrogens with zero attached hydrogens (tertiary/aromatic N) is 8. The molecular weight excluding hydrogens is 909 g/mol. The van der Waals surface area contributed by atoms with Gasteiger partial charge in [-0.15, -0.1) is 0 Å². The normalized spacial score (nSPS) is 25.8. The number of carbonyl (C=O) groups excluding carboxylic acids is 5. The molecule has 3 N–H and O–H groups in total. The van der Waals surface area contributed by atoms with Gasteiger partial charge in [0, 0.05) is 106 Å². The van der Waals surface area contributed by atoms with Crippen molar-refractivity contribution in [3.8, 4) is 11.3 Å². The fourth-order valence-electron chi connectivity index (χ4n) is 13.3. The summed E-state index contributed by atoms with van der Waals surface area (Å²) in [4.78, 5) is 88.2. The van der Waals surface area contributed by atoms with Crippen molar-refractivity contribution in [1.29, 1.82) is 0 Å². The number of fused-ring (bicyclic) bond motifs is 3. The number of rotatable bonds is 10. The fraction of sp³-hybridized carbons (Fsp3) is 0.589. The number of aliphatic hydroxyl groups is 1. The van der Waals surface area contributed by atoms with Crippen LogP contribution in [0.3, 0.4) is 0 Å². The van der Waals surface area contributed by atoms with Crippen molar-refractivity contribution in [3.05, 3.63) is 66.0 Å². The molecule has 8 aliphatic rings. The van der Waals surface area contributed by atoms with E-state index in [2.05, 4.69) is 68.0 Å². The number of pyridine rings is 1. The van der Waals surface area contributed by atoms with Crippen LogP contribution in [0.5, 0.6) is 0 Å². The Morgan fingerprint density at radius 1 is 0.792 bits per heavy atom. The third-order valence-electron chi connectivity index (χ3n) is 18.0. The van der Waals surface area contributed by atoms with Crippen molar-refractivity contribution in [2.45, 2.75) is 151 Å². The number of carbonyl (C=O) groups is 5. The van der Waals surface area contributed by atoms with Gasteiger partial charge in [-0.3, -0.25) is 29.3 Å². The molecule has 72 heavy (non-hydrogen) atoms. The highest BCUT2D eigenvalue weighted by Gasteiger charge is 2.57. The number of anilines is 3. The molecule has 2 aromatic carbocycles. The molecule has 0 unspecified atom stereocenters. The SMILES string of the molecule is CC(C)n1cnc2cc(-c3ccc4c(c3)N(C3CC(N5CCCCC5)C3)C(=O)C43CCN(C(=O)C4(O)CCN(C(=O)C5CCN(c6ccc([C@H]7CCC(=O)NC7=O)cc6)CC5)CC4)CC3)nc(NC3CC3)c21. The first-order chi connectivity index (χ1) is 34.9. The number of benzene rings is 2. The molecular formula is C56H70N10O6. The van der Waals surface area contributed by atoms with E-state index in [1.165, 1.54) is 19.3 Å². The van der Waals surface area contributed by atoms with E-state index in [9.17, 15) is 24.3 Å². The number of imide groups is 1. The molecule has 4 aromatic rings. The van der Waals surface area contributed by atoms with Gasteiger partial charge >= 0.3 is 0 Å². The Balaban J connectivity index is 0.705. The second kappa shape index (κ2) is 18.6. The number of imidazole rings is 1. The molecule has 16 nitrogen and oxygen atoms in total. The summed E-state index contributed by atoms with van der Waals surface area (Å²) in [5.41, 5.74) is 5.31. The summed E-state index contributed by atoms with van der Waals surface area (Å²) >= 11 is 0. The van der Waals surface area contributed by atoms with Crippen molar-refractivity contribution in [1.82, 2.24) is 34.6 Å². The number of hydrogen-bond donors (Lipinski definition) is 3. The quantitative estimate of drug-likeness (QED) is 0.153. The molecule has 1 atom stereocenters. The highest BCUT2D eigenvalue weighted by Crippen LogP contribution is 2.52. The van der Waals surface area contributed by atoms with Gasteiger partial charge in [0.05, 0.1) is 28.9 Å². The van der Waals surface area contributed by atoms with Crippen LogP contribution in [-0.2, 0) is 29.4 Å². The van der Waals surface area contributed by atoms with Crippen molar-refractivity contribution < 1.29 is 29.1 Å². The van der Waals surface area contributed by atoms with Gasteiger partial charge in [-0.2, -0.15) is 0 Å². The monoisotopic (exact) mass is 979 g/mol. The molecule has 0 bridgehead atoms. The Kier molecular flexibility index (Phi) is 12.2. The highest BCUT2D eigenvalue weighted by atomic mass is 16.3. The number of hydrogen-bond acceptors (Lipinski definition) is 11. The largest absolute Gasteiger partial charge is 0.380 e. The zero-order valence-corrected chi connectivity index (χ0v) is 42.0. The van der Waals surface area contributed by atoms with Crippen molar-refractivity contribution in [2.24, 2.45) is 5.92 Å². The predicted molar refractivity (Wildman–Crippen MR) is 274 cm³/mol. The van der Waals surface area contributed by atoms with Crippen molar-refractivity contribution in [2.75, 3.05) is 67.5 Å². The molecule has 7 fully saturated rings. The molecule has 5 amide bonds. The Hall–Kier alpha value is -5.87. The predicted octanol–water partition coefficient (Wildman–Crippen LogP) is 6.27. The summed E-state index contributed by atoms with van der Waals surface area (Å²) in [6.07, 6.45) is 13.4. The molecule has 1 spiro atoms. The third-order valence-corrected chi connectivity index (χ3v) is 18.0. The standard InChI is InChI=1S/C56H70N10O6/c1-35(2)65-34-57-46-33-45(59-50(49(46)65)58-39-9-10-39)38-8-14-44-47(30-38)66(42-31-41(32-42)61-22-4-3-5-23-61)53(70)55(44)18-26-64(27-19-55)54(71)56(72)20-28-63(29-21-56)52(69)37-16-24-62(25-17-37)40-11-6-36(7-12-40)43-13-15-48(67)60-51(43)68/h6-8,11-12,14,30,33-35,37,39,41-43,72H,3-5,9-10,13,15-29,31-32H2,1-2H3,(H,58,59)(H,60,67,68)/t41?,42?,43-/m1/s1. The Morgan fingerprint density at radius 2 is 1.50 bits per heavy atom. The zero-order chi connectivity index (χ0) is 49.5. The summed E-state index contributed by atoms with van der Waals surface area (Å²) in [6, 6.07) is 17.8. The molecule has 2 aliphatic carbocycles. The summed E-state index contributed by atoms with van der Waals surface area (Å²) < 4.78 is 2.18. The molecule has 8 heterocycles. The van der Waals surface area contributed by atoms with Crippen LogP contribution in [0.4, 0.5) is 17.2 Å². The van der Waals surface area contributed by atoms with Crippen LogP contribution in [0, 0.1) is 5.92 Å². The van der Waals surface area contributed by atoms with E-state index in [-0.39, 0.29) is 66.3 Å². The molecule has 0 radical (unpaired) electrons. The average Bonchev–Trinajstić information content (AvgIpc) is 4.05. The molecule has 16 heteroatoms. The highest BCUT2D eigenvalue weighted by molar-refractivity contribution is 6.10. The van der Waals surface area contributed by atoms with Gasteiger partial charge in [-0.25, -0.2) is 9.97 Å². The van der Waals surface area contributed by atoms with E-state index < -0.39 is 11.0 Å². The lowest BCUT2D eigenvalue weighted by molar-refractivity contribution is -0.161. The molecule has 2 aromatic heterocycles. The van der Waals surface area contributed by atoms with Gasteiger partial charge in [0.15, 0.2) is 5.82 Å². The number of likely N-dealkylation sites (tertiary alicyclic amines) is 3. The van der Waals surface area contributed by atoms with Gasteiger partial charge in [0.1, 0.15) is 11.1 Å². The molecule has 12 rings (SSSR count). The maximum atomic E-state index is 15.2. The Bertz CT molecular complexity index is 2770. The van der Waals surface area contributed by atoms with Gasteiger partial charge < -0.3 is 39.5 Å². The number of piperidine rings is 5. The van der Waals surface area contributed by atoms with E-state index in [0.29, 0.717) is 76.8 Å². The minimum Gasteiger partial charge on any atom is -0.380 e. The first-order valence-corrected chi connectivity index (χ1v) is 27.2. The van der Waals surface area contributed by atoms with Crippen LogP contribution in [0.2, 0.25) is 0 Å². The van der Waals surface area contributed by atoms with E-state index in [4.69, 9.17) is 9.97 Å². The lowest BCUT2D eigenvalue weighted by atomic mass is 9.73. The summed E-state index contributed by atoms with van der Waals surface area (Å²) in [6.45, 7) is 9.43. The van der Waals surface area contributed by atoms with Crippen LogP contribution >= 0.6 is 0 Å². The topological polar surface area (TPSA) is 177 Å². The maximum absolute atomic E-state index is 15.2. The molecule has 5 saturated heterocycles. The van der Waals surface area contributed by atoms with E-state index in [0.717, 1.165) is 102 Å². The van der Waals surface area contributed by atoms with E-state index in [1.54, 1.807) is 4.90 Å². The molecule has 2 saturated carbocycles. The first-order valence-electron chi connectivity index (χ1n) is 27.2. The second-order valence-electron chi connectivity index (χ2n) is 22.8. The van der Waals surface area contributed by atoms with Crippen LogP contribution < -0.4 is 20.4 Å². The van der Waals surface area contributed by atoms with Gasteiger partial charge in [0.25, 0.3) is 5.91 Å². The Morgan fingerprint density at radius 3 is 2.18 bits per heavy atom. The molecule has 380 valence electrons. The number of aromatic nitrogens is 3. The van der Waals surface area contributed by atoms with Crippen LogP contribution in [0.15, 0.2) is 54.9 Å². The zero-order valence-electron chi connectivity index (χ0n) is 42.0. The first kappa shape index (κ1) is 47.2. The minimum atomic E-state index is -1.56. The number of amides is 5. The second-order valence-corrected chi connectivity index (χ2v) is 22.8. The number of nitrogens with one attached hydrogen (secondary N) is 2. The minimum absolute atomic E-state index is 0.0886. The maximum Gasteiger partial charge on any atom is 0.254 e. The summed E-state index contributed by atoms with van der Waals surface area (Å²) in [7, 11) is 0. The van der Waals surface area contributed by atoms with Crippen molar-refractivity contribution in [3.63, 3.8) is 0 Å². The summed E-state index contributed by atoms with van der Waals surface area (Å²) in [5, 5.41) is 18.1. The van der Waals surface area contributed by atoms with Gasteiger partial charge in [0.2, 0.25) is 23.6 Å². The van der Waals surface area contributed by atoms with Gasteiger partial charge in [-0.1, -0.05) is 30.7 Å². The van der Waals surface area contributed by atoms with E-state index in [1.807, 2.05) is 35.5 Å². The van der Waals surface area contributed by atoms with Gasteiger partial charge in [-0.05, 0) is 133 Å². The average molecular weight is 979 g/mol. The third kappa shape index (κ3) is 8.43. The van der Waals surface area contributed by atoms with Crippen LogP contribution in [-0.4, -0.2) is 140 Å². The molecule has 6 aliphatic heterocycles. The Labute approximate surface area is 421 Å². The van der Waals surface area contributed by atoms with E-state index >= 15 is 4.79 Å². The smallest absolute Gasteiger partial charge is 0.254 e. The van der Waals surface area contributed by atoms with Crippen molar-refractivity contribution >= 4 is 57.8 Å². The van der Waals surface area contributed by atoms with Crippen LogP contribution in [0.1, 0.15) is 133 Å². The van der Waals surface area contributed by atoms with Crippen LogP contribution in [0.25, 0.3) is 22.3 Å². The lowest BCUT2D eigenvalue weighted by Gasteiger charge is -2.48. The lowest BCUT2D eigenvalue weighted by Crippen LogP contribution is -2.60. The fourth-order valence-corrected chi connectivity index (χ4v) is 13.3. The summed E-state index contributed by atoms with van der Waals surface area (Å²) in [5.74, 6) is -0.124.